The van der Waals surface area contributed by atoms with E-state index in [9.17, 15) is 0 Å². The summed E-state index contributed by atoms with van der Waals surface area (Å²) in [5, 5.41) is 1.86. The number of nitrogens with zero attached hydrogens (tertiary/aromatic N) is 2. The van der Waals surface area contributed by atoms with E-state index in [-0.39, 0.29) is 0 Å². The first-order chi connectivity index (χ1) is 8.74. The van der Waals surface area contributed by atoms with Gasteiger partial charge >= 0.3 is 0 Å². The maximum absolute atomic E-state index is 6.31. The average Bonchev–Trinajstić information content (AvgIpc) is 2.39. The number of benzene rings is 1. The predicted molar refractivity (Wildman–Crippen MR) is 77.6 cm³/mol. The summed E-state index contributed by atoms with van der Waals surface area (Å²) in [5.74, 6) is 0. The van der Waals surface area contributed by atoms with E-state index in [1.807, 2.05) is 13.0 Å². The topological polar surface area (TPSA) is 16.1 Å². The van der Waals surface area contributed by atoms with E-state index in [4.69, 9.17) is 11.6 Å². The van der Waals surface area contributed by atoms with Crippen LogP contribution < -0.4 is 4.90 Å². The zero-order valence-electron chi connectivity index (χ0n) is 10.6. The van der Waals surface area contributed by atoms with Gasteiger partial charge in [0.15, 0.2) is 0 Å². The van der Waals surface area contributed by atoms with Crippen LogP contribution in [0, 0.1) is 6.92 Å². The molecule has 0 spiro atoms. The average molecular weight is 261 g/mol. The van der Waals surface area contributed by atoms with E-state index >= 15 is 0 Å². The van der Waals surface area contributed by atoms with E-state index in [2.05, 4.69) is 28.1 Å². The highest BCUT2D eigenvalue weighted by Crippen LogP contribution is 2.28. The normalized spacial score (nSPS) is 16.2. The van der Waals surface area contributed by atoms with Gasteiger partial charge in [0.25, 0.3) is 0 Å². The fourth-order valence-corrected chi connectivity index (χ4v) is 2.95. The van der Waals surface area contributed by atoms with Crippen molar-refractivity contribution in [1.29, 1.82) is 0 Å². The van der Waals surface area contributed by atoms with Gasteiger partial charge in [0, 0.05) is 29.9 Å². The number of fused-ring (bicyclic) bond motifs is 1. The first kappa shape index (κ1) is 11.8. The molecule has 1 saturated heterocycles. The van der Waals surface area contributed by atoms with Gasteiger partial charge in [-0.25, -0.2) is 0 Å². The number of hydrogen-bond acceptors (Lipinski definition) is 2. The molecule has 0 atom stereocenters. The molecule has 0 unspecified atom stereocenters. The zero-order valence-corrected chi connectivity index (χ0v) is 11.4. The minimum atomic E-state index is 0.802. The third-order valence-electron chi connectivity index (χ3n) is 3.59. The van der Waals surface area contributed by atoms with E-state index in [1.54, 1.807) is 0 Å². The summed E-state index contributed by atoms with van der Waals surface area (Å²) < 4.78 is 0. The summed E-state index contributed by atoms with van der Waals surface area (Å²) in [5.41, 5.74) is 3.23. The molecule has 0 saturated carbocycles. The van der Waals surface area contributed by atoms with Crippen LogP contribution >= 0.6 is 11.6 Å². The first-order valence-corrected chi connectivity index (χ1v) is 6.94. The highest BCUT2D eigenvalue weighted by molar-refractivity contribution is 6.35. The van der Waals surface area contributed by atoms with Crippen molar-refractivity contribution in [2.75, 3.05) is 18.0 Å². The maximum Gasteiger partial charge on any atom is 0.0721 e. The first-order valence-electron chi connectivity index (χ1n) is 6.56. The lowest BCUT2D eigenvalue weighted by Gasteiger charge is -2.29. The molecule has 0 bridgehead atoms. The van der Waals surface area contributed by atoms with Crippen LogP contribution in [0.1, 0.15) is 25.0 Å². The molecular weight excluding hydrogens is 244 g/mol. The summed E-state index contributed by atoms with van der Waals surface area (Å²) >= 11 is 6.31. The van der Waals surface area contributed by atoms with Crippen LogP contribution in [0.4, 0.5) is 5.69 Å². The van der Waals surface area contributed by atoms with Gasteiger partial charge in [0.05, 0.1) is 10.5 Å². The van der Waals surface area contributed by atoms with E-state index in [1.165, 1.54) is 24.9 Å². The lowest BCUT2D eigenvalue weighted by atomic mass is 10.1. The van der Waals surface area contributed by atoms with Crippen molar-refractivity contribution in [3.63, 3.8) is 0 Å². The van der Waals surface area contributed by atoms with Crippen LogP contribution in [-0.2, 0) is 0 Å². The summed E-state index contributed by atoms with van der Waals surface area (Å²) in [4.78, 5) is 6.96. The minimum Gasteiger partial charge on any atom is -0.372 e. The maximum atomic E-state index is 6.31. The van der Waals surface area contributed by atoms with E-state index in [0.717, 1.165) is 34.7 Å². The highest BCUT2D eigenvalue weighted by atomic mass is 35.5. The van der Waals surface area contributed by atoms with Gasteiger partial charge in [0.2, 0.25) is 0 Å². The van der Waals surface area contributed by atoms with Crippen LogP contribution in [-0.4, -0.2) is 18.1 Å². The second kappa shape index (κ2) is 4.77. The molecule has 2 aromatic rings. The van der Waals surface area contributed by atoms with Gasteiger partial charge < -0.3 is 4.90 Å². The zero-order chi connectivity index (χ0) is 12.5. The largest absolute Gasteiger partial charge is 0.372 e. The van der Waals surface area contributed by atoms with Crippen molar-refractivity contribution in [3.8, 4) is 0 Å². The van der Waals surface area contributed by atoms with E-state index < -0.39 is 0 Å². The summed E-state index contributed by atoms with van der Waals surface area (Å²) in [6, 6.07) is 8.36. The summed E-state index contributed by atoms with van der Waals surface area (Å²) in [7, 11) is 0. The number of hydrogen-bond donors (Lipinski definition) is 0. The van der Waals surface area contributed by atoms with Crippen molar-refractivity contribution in [1.82, 2.24) is 4.98 Å². The summed E-state index contributed by atoms with van der Waals surface area (Å²) in [6.07, 6.45) is 3.93. The Morgan fingerprint density at radius 2 is 1.89 bits per heavy atom. The fourth-order valence-electron chi connectivity index (χ4n) is 2.65. The molecule has 3 heteroatoms. The molecule has 1 aliphatic heterocycles. The van der Waals surface area contributed by atoms with Crippen molar-refractivity contribution >= 4 is 28.2 Å². The Balaban J connectivity index is 2.04. The van der Waals surface area contributed by atoms with Gasteiger partial charge in [-0.05, 0) is 50.5 Å². The standard InChI is InChI=1S/C15H17ClN2/c1-11-9-14(16)13-10-12(5-6-15(13)17-11)18-7-3-2-4-8-18/h5-6,9-10H,2-4,7-8H2,1H3. The minimum absolute atomic E-state index is 0.802. The highest BCUT2D eigenvalue weighted by Gasteiger charge is 2.12. The van der Waals surface area contributed by atoms with Gasteiger partial charge in [-0.1, -0.05) is 11.6 Å². The third-order valence-corrected chi connectivity index (χ3v) is 3.90. The predicted octanol–water partition coefficient (Wildman–Crippen LogP) is 4.19. The van der Waals surface area contributed by atoms with Gasteiger partial charge in [-0.3, -0.25) is 4.98 Å². The number of aromatic nitrogens is 1. The lowest BCUT2D eigenvalue weighted by molar-refractivity contribution is 0.578. The Morgan fingerprint density at radius 3 is 2.67 bits per heavy atom. The number of halogens is 1. The molecular formula is C15H17ClN2. The fraction of sp³-hybridized carbons (Fsp3) is 0.400. The molecule has 1 aliphatic rings. The molecule has 0 amide bonds. The molecule has 1 aromatic heterocycles. The molecule has 3 rings (SSSR count). The number of anilines is 1. The molecule has 1 fully saturated rings. The Labute approximate surface area is 113 Å². The second-order valence-corrected chi connectivity index (χ2v) is 5.40. The third kappa shape index (κ3) is 2.17. The molecule has 18 heavy (non-hydrogen) atoms. The number of rotatable bonds is 1. The number of piperidine rings is 1. The van der Waals surface area contributed by atoms with Crippen LogP contribution in [0.5, 0.6) is 0 Å². The molecule has 0 N–H and O–H groups in total. The van der Waals surface area contributed by atoms with Crippen LogP contribution in [0.25, 0.3) is 10.9 Å². The Morgan fingerprint density at radius 1 is 1.11 bits per heavy atom. The Bertz CT molecular complexity index is 574. The molecule has 0 radical (unpaired) electrons. The molecule has 0 aliphatic carbocycles. The SMILES string of the molecule is Cc1cc(Cl)c2cc(N3CCCCC3)ccc2n1. The molecule has 1 aromatic carbocycles. The molecule has 94 valence electrons. The lowest BCUT2D eigenvalue weighted by Crippen LogP contribution is -2.29. The summed E-state index contributed by atoms with van der Waals surface area (Å²) in [6.45, 7) is 4.29. The van der Waals surface area contributed by atoms with Crippen LogP contribution in [0.15, 0.2) is 24.3 Å². The number of pyridine rings is 1. The Kier molecular flexibility index (Phi) is 3.13. The van der Waals surface area contributed by atoms with Gasteiger partial charge in [-0.2, -0.15) is 0 Å². The van der Waals surface area contributed by atoms with Crippen LogP contribution in [0.2, 0.25) is 5.02 Å². The van der Waals surface area contributed by atoms with Crippen LogP contribution in [0.3, 0.4) is 0 Å². The molecule has 2 heterocycles. The Hall–Kier alpha value is -1.28. The van der Waals surface area contributed by atoms with Gasteiger partial charge in [-0.15, -0.1) is 0 Å². The monoisotopic (exact) mass is 260 g/mol. The van der Waals surface area contributed by atoms with Crippen molar-refractivity contribution in [3.05, 3.63) is 35.0 Å². The van der Waals surface area contributed by atoms with Crippen molar-refractivity contribution in [2.24, 2.45) is 0 Å². The van der Waals surface area contributed by atoms with Gasteiger partial charge in [0.1, 0.15) is 0 Å². The van der Waals surface area contributed by atoms with E-state index in [0.29, 0.717) is 0 Å². The smallest absolute Gasteiger partial charge is 0.0721 e. The van der Waals surface area contributed by atoms with Crippen molar-refractivity contribution < 1.29 is 0 Å². The molecule has 2 nitrogen and oxygen atoms in total. The second-order valence-electron chi connectivity index (χ2n) is 4.99. The quantitative estimate of drug-likeness (QED) is 0.764. The van der Waals surface area contributed by atoms with Crippen molar-refractivity contribution in [2.45, 2.75) is 26.2 Å². The number of aryl methyl sites for hydroxylation is 1.